The number of esters is 1. The minimum atomic E-state index is -0.207. The molecule has 1 unspecified atom stereocenters. The molecule has 0 saturated heterocycles. The van der Waals surface area contributed by atoms with Crippen molar-refractivity contribution in [2.75, 3.05) is 7.11 Å². The molecule has 1 atom stereocenters. The van der Waals surface area contributed by atoms with Crippen LogP contribution in [0.2, 0.25) is 0 Å². The van der Waals surface area contributed by atoms with E-state index >= 15 is 0 Å². The number of rotatable bonds is 6. The molecule has 0 amide bonds. The van der Waals surface area contributed by atoms with Crippen LogP contribution in [-0.4, -0.2) is 13.1 Å². The molecule has 0 aliphatic rings. The first kappa shape index (κ1) is 14.7. The average Bonchev–Trinajstić information content (AvgIpc) is 2.37. The Morgan fingerprint density at radius 3 is 2.72 bits per heavy atom. The van der Waals surface area contributed by atoms with Crippen LogP contribution in [0.15, 0.2) is 18.2 Å². The molecular formula is C15H21FO2. The molecule has 0 aromatic heterocycles. The third-order valence-corrected chi connectivity index (χ3v) is 3.15. The number of unbranched alkanes of at least 4 members (excludes halogenated alkanes) is 1. The van der Waals surface area contributed by atoms with Crippen LogP contribution in [-0.2, 0) is 16.0 Å². The summed E-state index contributed by atoms with van der Waals surface area (Å²) in [4.78, 5) is 11.7. The zero-order chi connectivity index (χ0) is 13.5. The monoisotopic (exact) mass is 252 g/mol. The summed E-state index contributed by atoms with van der Waals surface area (Å²) >= 11 is 0. The lowest BCUT2D eigenvalue weighted by Crippen LogP contribution is -2.18. The van der Waals surface area contributed by atoms with Crippen molar-refractivity contribution in [3.05, 3.63) is 35.1 Å². The lowest BCUT2D eigenvalue weighted by Gasteiger charge is -2.14. The topological polar surface area (TPSA) is 26.3 Å². The number of ether oxygens (including phenoxy) is 1. The number of aryl methyl sites for hydroxylation is 1. The number of methoxy groups -OCH3 is 1. The fourth-order valence-corrected chi connectivity index (χ4v) is 2.04. The van der Waals surface area contributed by atoms with Crippen molar-refractivity contribution in [3.8, 4) is 0 Å². The normalized spacial score (nSPS) is 12.2. The van der Waals surface area contributed by atoms with E-state index in [1.54, 1.807) is 19.1 Å². The van der Waals surface area contributed by atoms with E-state index in [1.807, 2.05) is 0 Å². The molecule has 1 rings (SSSR count). The van der Waals surface area contributed by atoms with Crippen molar-refractivity contribution in [2.45, 2.75) is 39.5 Å². The van der Waals surface area contributed by atoms with Gasteiger partial charge in [0.2, 0.25) is 0 Å². The summed E-state index contributed by atoms with van der Waals surface area (Å²) < 4.78 is 18.0. The Balaban J connectivity index is 2.75. The quantitative estimate of drug-likeness (QED) is 0.722. The third-order valence-electron chi connectivity index (χ3n) is 3.15. The minimum Gasteiger partial charge on any atom is -0.469 e. The summed E-state index contributed by atoms with van der Waals surface area (Å²) in [6.07, 6.45) is 3.49. The van der Waals surface area contributed by atoms with E-state index < -0.39 is 0 Å². The minimum absolute atomic E-state index is 0.125. The second-order valence-corrected chi connectivity index (χ2v) is 4.65. The molecule has 0 aliphatic carbocycles. The SMILES string of the molecule is CCCCC(Cc1ccc(F)c(C)c1)C(=O)OC. The highest BCUT2D eigenvalue weighted by atomic mass is 19.1. The maximum Gasteiger partial charge on any atom is 0.308 e. The molecule has 1 aromatic carbocycles. The van der Waals surface area contributed by atoms with E-state index in [2.05, 4.69) is 6.92 Å². The molecule has 0 radical (unpaired) electrons. The maximum absolute atomic E-state index is 13.2. The highest BCUT2D eigenvalue weighted by molar-refractivity contribution is 5.72. The molecule has 0 N–H and O–H groups in total. The fraction of sp³-hybridized carbons (Fsp3) is 0.533. The van der Waals surface area contributed by atoms with Gasteiger partial charge in [0.15, 0.2) is 0 Å². The third kappa shape index (κ3) is 4.13. The van der Waals surface area contributed by atoms with Gasteiger partial charge in [0.25, 0.3) is 0 Å². The summed E-state index contributed by atoms with van der Waals surface area (Å²) in [6.45, 7) is 3.83. The van der Waals surface area contributed by atoms with Gasteiger partial charge in [-0.25, -0.2) is 4.39 Å². The zero-order valence-electron chi connectivity index (χ0n) is 11.3. The summed E-state index contributed by atoms with van der Waals surface area (Å²) in [5, 5.41) is 0. The lowest BCUT2D eigenvalue weighted by atomic mass is 9.93. The van der Waals surface area contributed by atoms with Gasteiger partial charge in [-0.15, -0.1) is 0 Å². The summed E-state index contributed by atoms with van der Waals surface area (Å²) in [7, 11) is 1.41. The molecule has 0 heterocycles. The van der Waals surface area contributed by atoms with Gasteiger partial charge in [-0.1, -0.05) is 31.9 Å². The van der Waals surface area contributed by atoms with Gasteiger partial charge in [0, 0.05) is 0 Å². The van der Waals surface area contributed by atoms with Crippen molar-refractivity contribution in [1.82, 2.24) is 0 Å². The van der Waals surface area contributed by atoms with Crippen LogP contribution in [0, 0.1) is 18.7 Å². The lowest BCUT2D eigenvalue weighted by molar-refractivity contribution is -0.145. The maximum atomic E-state index is 13.2. The number of carbonyl (C=O) groups is 1. The molecule has 0 spiro atoms. The van der Waals surface area contributed by atoms with Crippen LogP contribution < -0.4 is 0 Å². The first-order valence-corrected chi connectivity index (χ1v) is 6.41. The van der Waals surface area contributed by atoms with Crippen LogP contribution in [0.1, 0.15) is 37.3 Å². The summed E-state index contributed by atoms with van der Waals surface area (Å²) in [5.74, 6) is -0.507. The summed E-state index contributed by atoms with van der Waals surface area (Å²) in [5.41, 5.74) is 1.60. The number of hydrogen-bond donors (Lipinski definition) is 0. The zero-order valence-corrected chi connectivity index (χ0v) is 11.3. The Morgan fingerprint density at radius 2 is 2.17 bits per heavy atom. The molecule has 0 bridgehead atoms. The van der Waals surface area contributed by atoms with Gasteiger partial charge < -0.3 is 4.74 Å². The van der Waals surface area contributed by atoms with E-state index in [0.717, 1.165) is 24.8 Å². The largest absolute Gasteiger partial charge is 0.469 e. The average molecular weight is 252 g/mol. The Morgan fingerprint density at radius 1 is 1.44 bits per heavy atom. The highest BCUT2D eigenvalue weighted by Gasteiger charge is 2.19. The van der Waals surface area contributed by atoms with Crippen molar-refractivity contribution >= 4 is 5.97 Å². The predicted octanol–water partition coefficient (Wildman–Crippen LogP) is 3.66. The van der Waals surface area contributed by atoms with E-state index in [0.29, 0.717) is 12.0 Å². The van der Waals surface area contributed by atoms with E-state index in [-0.39, 0.29) is 17.7 Å². The van der Waals surface area contributed by atoms with Gasteiger partial charge >= 0.3 is 5.97 Å². The van der Waals surface area contributed by atoms with E-state index in [1.165, 1.54) is 13.2 Å². The highest BCUT2D eigenvalue weighted by Crippen LogP contribution is 2.18. The van der Waals surface area contributed by atoms with Crippen molar-refractivity contribution in [1.29, 1.82) is 0 Å². The molecule has 0 saturated carbocycles. The Hall–Kier alpha value is -1.38. The number of benzene rings is 1. The molecule has 0 fully saturated rings. The van der Waals surface area contributed by atoms with Gasteiger partial charge in [-0.2, -0.15) is 0 Å². The fourth-order valence-electron chi connectivity index (χ4n) is 2.04. The summed E-state index contributed by atoms with van der Waals surface area (Å²) in [6, 6.07) is 5.00. The van der Waals surface area contributed by atoms with E-state index in [9.17, 15) is 9.18 Å². The van der Waals surface area contributed by atoms with Crippen LogP contribution >= 0.6 is 0 Å². The van der Waals surface area contributed by atoms with Crippen molar-refractivity contribution < 1.29 is 13.9 Å². The molecule has 2 nitrogen and oxygen atoms in total. The molecular weight excluding hydrogens is 231 g/mol. The standard InChI is InChI=1S/C15H21FO2/c1-4-5-6-13(15(17)18-3)10-12-7-8-14(16)11(2)9-12/h7-9,13H,4-6,10H2,1-3H3. The Kier molecular flexibility index (Phi) is 5.83. The van der Waals surface area contributed by atoms with Crippen LogP contribution in [0.3, 0.4) is 0 Å². The molecule has 1 aromatic rings. The Labute approximate surface area is 108 Å². The van der Waals surface area contributed by atoms with Gasteiger partial charge in [0.1, 0.15) is 5.82 Å². The second kappa shape index (κ2) is 7.14. The van der Waals surface area contributed by atoms with Crippen LogP contribution in [0.4, 0.5) is 4.39 Å². The van der Waals surface area contributed by atoms with Crippen molar-refractivity contribution in [2.24, 2.45) is 5.92 Å². The van der Waals surface area contributed by atoms with Gasteiger partial charge in [-0.05, 0) is 37.0 Å². The van der Waals surface area contributed by atoms with Crippen LogP contribution in [0.25, 0.3) is 0 Å². The number of carbonyl (C=O) groups excluding carboxylic acids is 1. The van der Waals surface area contributed by atoms with Gasteiger partial charge in [0.05, 0.1) is 13.0 Å². The molecule has 3 heteroatoms. The first-order chi connectivity index (χ1) is 8.58. The number of halogens is 1. The van der Waals surface area contributed by atoms with Crippen molar-refractivity contribution in [3.63, 3.8) is 0 Å². The van der Waals surface area contributed by atoms with Gasteiger partial charge in [-0.3, -0.25) is 4.79 Å². The molecule has 100 valence electrons. The smallest absolute Gasteiger partial charge is 0.308 e. The van der Waals surface area contributed by atoms with E-state index in [4.69, 9.17) is 4.74 Å². The van der Waals surface area contributed by atoms with Crippen LogP contribution in [0.5, 0.6) is 0 Å². The Bertz CT molecular complexity index is 401. The predicted molar refractivity (Wildman–Crippen MR) is 69.9 cm³/mol. The molecule has 0 aliphatic heterocycles. The number of hydrogen-bond acceptors (Lipinski definition) is 2. The second-order valence-electron chi connectivity index (χ2n) is 4.65. The molecule has 18 heavy (non-hydrogen) atoms. The first-order valence-electron chi connectivity index (χ1n) is 6.41.